The van der Waals surface area contributed by atoms with Gasteiger partial charge < -0.3 is 4.42 Å². The van der Waals surface area contributed by atoms with Crippen molar-refractivity contribution >= 4 is 38.2 Å². The Bertz CT molecular complexity index is 3610. The van der Waals surface area contributed by atoms with E-state index in [0.717, 1.165) is 111 Å². The first-order chi connectivity index (χ1) is 30.7. The summed E-state index contributed by atoms with van der Waals surface area (Å²) in [7, 11) is 0. The van der Waals surface area contributed by atoms with Crippen LogP contribution in [0.1, 0.15) is 0 Å². The smallest absolute Gasteiger partial charge is 0.160 e. The number of nitrogens with zero attached hydrogens (tertiary/aromatic N) is 4. The molecule has 62 heavy (non-hydrogen) atoms. The van der Waals surface area contributed by atoms with Gasteiger partial charge in [-0.2, -0.15) is 5.10 Å². The van der Waals surface area contributed by atoms with Gasteiger partial charge in [-0.3, -0.25) is 0 Å². The standard InChI is InChI=1S/C57H36N4O/c1-4-16-37(17-5-1)48-36-49(44-24-14-23-42(34-44)45-27-15-29-52-54(45)47-26-12-13-28-51(47)62-52)59-57(58-48)41-32-30-38(31-33-41)50-35-43-22-10-11-25-46(43)56-53(39-18-6-2-7-19-39)55(60-61(50)56)40-20-8-3-9-21-40/h1-36H. The van der Waals surface area contributed by atoms with E-state index < -0.39 is 0 Å². The maximum atomic E-state index is 6.25. The zero-order chi connectivity index (χ0) is 41.0. The summed E-state index contributed by atoms with van der Waals surface area (Å²) in [6.45, 7) is 0. The molecule has 12 rings (SSSR count). The van der Waals surface area contributed by atoms with E-state index in [1.807, 2.05) is 42.5 Å². The second-order valence-electron chi connectivity index (χ2n) is 15.6. The normalized spacial score (nSPS) is 11.5. The minimum Gasteiger partial charge on any atom is -0.456 e. The number of benzene rings is 8. The van der Waals surface area contributed by atoms with E-state index in [1.165, 1.54) is 0 Å². The van der Waals surface area contributed by atoms with Gasteiger partial charge >= 0.3 is 0 Å². The van der Waals surface area contributed by atoms with E-state index >= 15 is 0 Å². The number of rotatable bonds is 7. The zero-order valence-electron chi connectivity index (χ0n) is 33.5. The van der Waals surface area contributed by atoms with Gasteiger partial charge in [-0.05, 0) is 52.4 Å². The minimum atomic E-state index is 0.654. The van der Waals surface area contributed by atoms with Crippen LogP contribution in [0.4, 0.5) is 0 Å². The quantitative estimate of drug-likeness (QED) is 0.161. The molecule has 0 aliphatic heterocycles. The predicted octanol–water partition coefficient (Wildman–Crippen LogP) is 14.8. The molecule has 5 nitrogen and oxygen atoms in total. The lowest BCUT2D eigenvalue weighted by atomic mass is 9.96. The molecule has 0 N–H and O–H groups in total. The second kappa shape index (κ2) is 14.7. The molecule has 0 spiro atoms. The van der Waals surface area contributed by atoms with Crippen LogP contribution < -0.4 is 0 Å². The molecule has 12 aromatic rings. The average molecular weight is 793 g/mol. The third-order valence-corrected chi connectivity index (χ3v) is 11.8. The van der Waals surface area contributed by atoms with Crippen LogP contribution in [0.3, 0.4) is 0 Å². The number of furan rings is 1. The molecule has 4 aromatic heterocycles. The topological polar surface area (TPSA) is 56.2 Å². The second-order valence-corrected chi connectivity index (χ2v) is 15.6. The van der Waals surface area contributed by atoms with Gasteiger partial charge in [0.15, 0.2) is 5.82 Å². The third-order valence-electron chi connectivity index (χ3n) is 11.8. The summed E-state index contributed by atoms with van der Waals surface area (Å²) in [6, 6.07) is 76.1. The van der Waals surface area contributed by atoms with Crippen LogP contribution in [-0.4, -0.2) is 19.6 Å². The maximum absolute atomic E-state index is 6.25. The van der Waals surface area contributed by atoms with Crippen LogP contribution >= 0.6 is 0 Å². The predicted molar refractivity (Wildman–Crippen MR) is 254 cm³/mol. The molecule has 0 aliphatic rings. The first-order valence-electron chi connectivity index (χ1n) is 20.9. The fourth-order valence-corrected chi connectivity index (χ4v) is 8.90. The Morgan fingerprint density at radius 3 is 1.74 bits per heavy atom. The molecule has 5 heteroatoms. The number of aromatic nitrogens is 4. The van der Waals surface area contributed by atoms with Gasteiger partial charge in [0.1, 0.15) is 16.9 Å². The fourth-order valence-electron chi connectivity index (χ4n) is 8.90. The first kappa shape index (κ1) is 35.5. The summed E-state index contributed by atoms with van der Waals surface area (Å²) in [6.07, 6.45) is 0. The summed E-state index contributed by atoms with van der Waals surface area (Å²) in [5.74, 6) is 0.654. The number of hydrogen-bond acceptors (Lipinski definition) is 4. The van der Waals surface area contributed by atoms with Crippen LogP contribution in [0, 0.1) is 0 Å². The molecule has 0 saturated carbocycles. The summed E-state index contributed by atoms with van der Waals surface area (Å²) < 4.78 is 8.38. The third kappa shape index (κ3) is 6.06. The van der Waals surface area contributed by atoms with Crippen molar-refractivity contribution < 1.29 is 4.42 Å². The zero-order valence-corrected chi connectivity index (χ0v) is 33.5. The van der Waals surface area contributed by atoms with Gasteiger partial charge in [0.05, 0.1) is 22.6 Å². The summed E-state index contributed by atoms with van der Waals surface area (Å²) in [4.78, 5) is 10.4. The van der Waals surface area contributed by atoms with E-state index in [0.29, 0.717) is 5.82 Å². The van der Waals surface area contributed by atoms with Crippen molar-refractivity contribution in [3.63, 3.8) is 0 Å². The molecule has 0 radical (unpaired) electrons. The number of para-hydroxylation sites is 1. The molecule has 0 bridgehead atoms. The Balaban J connectivity index is 0.997. The molecule has 0 saturated heterocycles. The van der Waals surface area contributed by atoms with Crippen LogP contribution in [-0.2, 0) is 0 Å². The molecule has 0 atom stereocenters. The van der Waals surface area contributed by atoms with Crippen LogP contribution in [0.2, 0.25) is 0 Å². The Morgan fingerprint density at radius 2 is 0.968 bits per heavy atom. The Labute approximate surface area is 357 Å². The van der Waals surface area contributed by atoms with Crippen LogP contribution in [0.15, 0.2) is 223 Å². The van der Waals surface area contributed by atoms with Gasteiger partial charge in [0.2, 0.25) is 0 Å². The van der Waals surface area contributed by atoms with E-state index in [-0.39, 0.29) is 0 Å². The highest BCUT2D eigenvalue weighted by Crippen LogP contribution is 2.42. The molecule has 290 valence electrons. The first-order valence-corrected chi connectivity index (χ1v) is 20.9. The molecule has 0 fully saturated rings. The highest BCUT2D eigenvalue weighted by atomic mass is 16.3. The van der Waals surface area contributed by atoms with E-state index in [1.54, 1.807) is 0 Å². The van der Waals surface area contributed by atoms with Crippen molar-refractivity contribution in [2.24, 2.45) is 0 Å². The maximum Gasteiger partial charge on any atom is 0.160 e. The number of fused-ring (bicyclic) bond motifs is 6. The van der Waals surface area contributed by atoms with Crippen molar-refractivity contribution in [2.45, 2.75) is 0 Å². The monoisotopic (exact) mass is 792 g/mol. The fraction of sp³-hybridized carbons (Fsp3) is 0. The van der Waals surface area contributed by atoms with Crippen molar-refractivity contribution in [1.82, 2.24) is 19.6 Å². The summed E-state index contributed by atoms with van der Waals surface area (Å²) in [5.41, 5.74) is 16.0. The summed E-state index contributed by atoms with van der Waals surface area (Å²) in [5, 5.41) is 9.92. The lowest BCUT2D eigenvalue weighted by Crippen LogP contribution is -1.97. The molecule has 0 amide bonds. The Morgan fingerprint density at radius 1 is 0.387 bits per heavy atom. The van der Waals surface area contributed by atoms with Gasteiger partial charge in [-0.15, -0.1) is 0 Å². The Kier molecular flexibility index (Phi) is 8.42. The average Bonchev–Trinajstić information content (AvgIpc) is 3.95. The van der Waals surface area contributed by atoms with Crippen LogP contribution in [0.25, 0.3) is 117 Å². The largest absolute Gasteiger partial charge is 0.456 e. The van der Waals surface area contributed by atoms with Crippen molar-refractivity contribution in [1.29, 1.82) is 0 Å². The molecule has 0 unspecified atom stereocenters. The number of pyridine rings is 1. The lowest BCUT2D eigenvalue weighted by Gasteiger charge is -2.12. The van der Waals surface area contributed by atoms with Crippen molar-refractivity contribution in [3.8, 4) is 78.7 Å². The van der Waals surface area contributed by atoms with Crippen molar-refractivity contribution in [2.75, 3.05) is 0 Å². The van der Waals surface area contributed by atoms with Gasteiger partial charge in [0.25, 0.3) is 0 Å². The van der Waals surface area contributed by atoms with Crippen LogP contribution in [0.5, 0.6) is 0 Å². The van der Waals surface area contributed by atoms with E-state index in [4.69, 9.17) is 19.5 Å². The molecule has 4 heterocycles. The van der Waals surface area contributed by atoms with Crippen molar-refractivity contribution in [3.05, 3.63) is 218 Å². The number of hydrogen-bond donors (Lipinski definition) is 0. The molecular formula is C57H36N4O. The molecular weight excluding hydrogens is 757 g/mol. The van der Waals surface area contributed by atoms with Gasteiger partial charge in [0, 0.05) is 49.5 Å². The van der Waals surface area contributed by atoms with Gasteiger partial charge in [-0.1, -0.05) is 188 Å². The SMILES string of the molecule is c1ccc(-c2cc(-c3cccc(-c4cccc5oc6ccccc6c45)c3)nc(-c3ccc(-c4cc5ccccc5c5c(-c6ccccc6)c(-c6ccccc6)nn45)cc3)n2)cc1. The molecule has 8 aromatic carbocycles. The summed E-state index contributed by atoms with van der Waals surface area (Å²) >= 11 is 0. The van der Waals surface area contributed by atoms with E-state index in [2.05, 4.69) is 180 Å². The molecule has 0 aliphatic carbocycles. The highest BCUT2D eigenvalue weighted by Gasteiger charge is 2.22. The lowest BCUT2D eigenvalue weighted by molar-refractivity contribution is 0.669. The minimum absolute atomic E-state index is 0.654. The van der Waals surface area contributed by atoms with Gasteiger partial charge in [-0.25, -0.2) is 14.5 Å². The van der Waals surface area contributed by atoms with E-state index in [9.17, 15) is 0 Å². The highest BCUT2D eigenvalue weighted by molar-refractivity contribution is 6.12. The Hall–Kier alpha value is -8.41.